The van der Waals surface area contributed by atoms with Crippen LogP contribution in [0.2, 0.25) is 0 Å². The molecule has 0 heterocycles. The number of hydrogen-bond donors (Lipinski definition) is 1. The molecule has 0 aliphatic carbocycles. The van der Waals surface area contributed by atoms with Crippen LogP contribution in [0, 0.1) is 24.0 Å². The molecule has 0 bridgehead atoms. The Kier molecular flexibility index (Phi) is 3.88. The third-order valence-corrected chi connectivity index (χ3v) is 2.90. The van der Waals surface area contributed by atoms with Gasteiger partial charge in [0.2, 0.25) is 0 Å². The van der Waals surface area contributed by atoms with Gasteiger partial charge in [-0.2, -0.15) is 0 Å². The van der Waals surface area contributed by atoms with Crippen LogP contribution in [-0.4, -0.2) is 11.0 Å². The first kappa shape index (κ1) is 12.5. The van der Waals surface area contributed by atoms with Gasteiger partial charge in [-0.15, -0.1) is 0 Å². The lowest BCUT2D eigenvalue weighted by molar-refractivity contribution is -0.384. The Morgan fingerprint density at radius 2 is 2.06 bits per heavy atom. The number of nitro benzene ring substituents is 1. The first-order valence-electron chi connectivity index (χ1n) is 5.48. The van der Waals surface area contributed by atoms with Crippen molar-refractivity contribution >= 4 is 11.4 Å². The van der Waals surface area contributed by atoms with Gasteiger partial charge in [-0.1, -0.05) is 13.0 Å². The highest BCUT2D eigenvalue weighted by molar-refractivity contribution is 5.67. The Morgan fingerprint density at radius 1 is 1.44 bits per heavy atom. The Balaban J connectivity index is 3.18. The molecule has 0 saturated carbocycles. The largest absolute Gasteiger partial charge is 0.377 e. The van der Waals surface area contributed by atoms with E-state index in [4.69, 9.17) is 0 Å². The zero-order valence-electron chi connectivity index (χ0n) is 10.2. The Hall–Kier alpha value is -1.58. The first-order chi connectivity index (χ1) is 7.47. The van der Waals surface area contributed by atoms with Crippen molar-refractivity contribution in [3.05, 3.63) is 33.4 Å². The fourth-order valence-corrected chi connectivity index (χ4v) is 1.52. The SMILES string of the molecule is CCC(C)Nc1ccc(C)c(C)c1[N+](=O)[O-]. The second-order valence-corrected chi connectivity index (χ2v) is 4.11. The van der Waals surface area contributed by atoms with Crippen LogP contribution in [0.4, 0.5) is 11.4 Å². The molecule has 1 unspecified atom stereocenters. The van der Waals surface area contributed by atoms with Gasteiger partial charge in [0.05, 0.1) is 4.92 Å². The molecule has 1 N–H and O–H groups in total. The lowest BCUT2D eigenvalue weighted by Crippen LogP contribution is -2.15. The van der Waals surface area contributed by atoms with E-state index in [0.717, 1.165) is 17.5 Å². The quantitative estimate of drug-likeness (QED) is 0.627. The number of rotatable bonds is 4. The van der Waals surface area contributed by atoms with Crippen molar-refractivity contribution in [2.75, 3.05) is 5.32 Å². The normalized spacial score (nSPS) is 12.2. The van der Waals surface area contributed by atoms with Crippen LogP contribution in [0.5, 0.6) is 0 Å². The van der Waals surface area contributed by atoms with Gasteiger partial charge >= 0.3 is 0 Å². The third kappa shape index (κ3) is 2.51. The van der Waals surface area contributed by atoms with Gasteiger partial charge in [-0.05, 0) is 38.8 Å². The topological polar surface area (TPSA) is 55.2 Å². The maximum atomic E-state index is 11.0. The minimum Gasteiger partial charge on any atom is -0.377 e. The highest BCUT2D eigenvalue weighted by Gasteiger charge is 2.19. The summed E-state index contributed by atoms with van der Waals surface area (Å²) in [6.07, 6.45) is 0.935. The van der Waals surface area contributed by atoms with E-state index in [1.807, 2.05) is 26.8 Å². The summed E-state index contributed by atoms with van der Waals surface area (Å²) in [5, 5.41) is 14.2. The van der Waals surface area contributed by atoms with Crippen molar-refractivity contribution < 1.29 is 4.92 Å². The molecule has 0 aliphatic heterocycles. The lowest BCUT2D eigenvalue weighted by Gasteiger charge is -2.14. The summed E-state index contributed by atoms with van der Waals surface area (Å²) in [5.41, 5.74) is 2.49. The molecule has 4 heteroatoms. The number of benzene rings is 1. The minimum absolute atomic E-state index is 0.195. The van der Waals surface area contributed by atoms with Crippen LogP contribution in [0.1, 0.15) is 31.4 Å². The van der Waals surface area contributed by atoms with E-state index >= 15 is 0 Å². The molecular formula is C12H18N2O2. The number of aryl methyl sites for hydroxylation is 1. The fraction of sp³-hybridized carbons (Fsp3) is 0.500. The molecule has 0 aliphatic rings. The molecule has 0 saturated heterocycles. The van der Waals surface area contributed by atoms with Crippen LogP contribution in [-0.2, 0) is 0 Å². The highest BCUT2D eigenvalue weighted by atomic mass is 16.6. The van der Waals surface area contributed by atoms with Crippen molar-refractivity contribution in [3.8, 4) is 0 Å². The molecule has 0 aromatic heterocycles. The number of nitro groups is 1. The van der Waals surface area contributed by atoms with Crippen molar-refractivity contribution in [2.24, 2.45) is 0 Å². The van der Waals surface area contributed by atoms with Crippen molar-refractivity contribution in [2.45, 2.75) is 40.2 Å². The van der Waals surface area contributed by atoms with E-state index in [1.54, 1.807) is 13.0 Å². The molecular weight excluding hydrogens is 204 g/mol. The standard InChI is InChI=1S/C12H18N2O2/c1-5-9(3)13-11-7-6-8(2)10(4)12(11)14(15)16/h6-7,9,13H,5H2,1-4H3. The van der Waals surface area contributed by atoms with Gasteiger partial charge in [0.15, 0.2) is 0 Å². The van der Waals surface area contributed by atoms with Crippen LogP contribution < -0.4 is 5.32 Å². The summed E-state index contributed by atoms with van der Waals surface area (Å²) >= 11 is 0. The number of nitrogens with zero attached hydrogens (tertiary/aromatic N) is 1. The Labute approximate surface area is 95.8 Å². The van der Waals surface area contributed by atoms with Gasteiger partial charge in [0, 0.05) is 11.6 Å². The summed E-state index contributed by atoms with van der Waals surface area (Å²) in [6.45, 7) is 7.73. The second kappa shape index (κ2) is 4.96. The van der Waals surface area contributed by atoms with Gasteiger partial charge in [-0.25, -0.2) is 0 Å². The molecule has 1 atom stereocenters. The molecule has 0 spiro atoms. The van der Waals surface area contributed by atoms with Crippen LogP contribution in [0.25, 0.3) is 0 Å². The van der Waals surface area contributed by atoms with Crippen molar-refractivity contribution in [1.29, 1.82) is 0 Å². The maximum absolute atomic E-state index is 11.0. The summed E-state index contributed by atoms with van der Waals surface area (Å²) in [5.74, 6) is 0. The van der Waals surface area contributed by atoms with E-state index in [0.29, 0.717) is 5.69 Å². The maximum Gasteiger partial charge on any atom is 0.295 e. The van der Waals surface area contributed by atoms with E-state index in [-0.39, 0.29) is 16.7 Å². The van der Waals surface area contributed by atoms with Crippen molar-refractivity contribution in [3.63, 3.8) is 0 Å². The van der Waals surface area contributed by atoms with Gasteiger partial charge in [0.25, 0.3) is 5.69 Å². The lowest BCUT2D eigenvalue weighted by atomic mass is 10.1. The summed E-state index contributed by atoms with van der Waals surface area (Å²) in [4.78, 5) is 10.7. The van der Waals surface area contributed by atoms with Crippen LogP contribution >= 0.6 is 0 Å². The molecule has 16 heavy (non-hydrogen) atoms. The number of anilines is 1. The third-order valence-electron chi connectivity index (χ3n) is 2.90. The molecule has 4 nitrogen and oxygen atoms in total. The highest BCUT2D eigenvalue weighted by Crippen LogP contribution is 2.31. The molecule has 0 fully saturated rings. The smallest absolute Gasteiger partial charge is 0.295 e. The zero-order chi connectivity index (χ0) is 12.3. The van der Waals surface area contributed by atoms with Crippen molar-refractivity contribution in [1.82, 2.24) is 0 Å². The predicted molar refractivity (Wildman–Crippen MR) is 65.9 cm³/mol. The minimum atomic E-state index is -0.312. The molecule has 88 valence electrons. The summed E-state index contributed by atoms with van der Waals surface area (Å²) in [7, 11) is 0. The van der Waals surface area contributed by atoms with E-state index in [1.165, 1.54) is 0 Å². The van der Waals surface area contributed by atoms with Gasteiger partial charge < -0.3 is 5.32 Å². The fourth-order valence-electron chi connectivity index (χ4n) is 1.52. The van der Waals surface area contributed by atoms with E-state index in [2.05, 4.69) is 5.32 Å². The molecule has 0 radical (unpaired) electrons. The van der Waals surface area contributed by atoms with Gasteiger partial charge in [0.1, 0.15) is 5.69 Å². The molecule has 1 aromatic rings. The predicted octanol–water partition coefficient (Wildman–Crippen LogP) is 3.42. The first-order valence-corrected chi connectivity index (χ1v) is 5.48. The zero-order valence-corrected chi connectivity index (χ0v) is 10.2. The number of hydrogen-bond acceptors (Lipinski definition) is 3. The van der Waals surface area contributed by atoms with E-state index in [9.17, 15) is 10.1 Å². The molecule has 1 rings (SSSR count). The Morgan fingerprint density at radius 3 is 2.56 bits per heavy atom. The average molecular weight is 222 g/mol. The van der Waals surface area contributed by atoms with Crippen LogP contribution in [0.3, 0.4) is 0 Å². The van der Waals surface area contributed by atoms with Gasteiger partial charge in [-0.3, -0.25) is 10.1 Å². The summed E-state index contributed by atoms with van der Waals surface area (Å²) < 4.78 is 0. The van der Waals surface area contributed by atoms with Crippen LogP contribution in [0.15, 0.2) is 12.1 Å². The van der Waals surface area contributed by atoms with E-state index < -0.39 is 0 Å². The average Bonchev–Trinajstić information content (AvgIpc) is 2.23. The monoisotopic (exact) mass is 222 g/mol. The number of nitrogens with one attached hydrogen (secondary N) is 1. The second-order valence-electron chi connectivity index (χ2n) is 4.11. The molecule has 0 amide bonds. The molecule has 1 aromatic carbocycles. The Bertz CT molecular complexity index is 402. The summed E-state index contributed by atoms with van der Waals surface area (Å²) in [6, 6.07) is 3.93.